The predicted molar refractivity (Wildman–Crippen MR) is 72.2 cm³/mol. The molecule has 110 valence electrons. The molecule has 0 saturated carbocycles. The van der Waals surface area contributed by atoms with Crippen molar-refractivity contribution in [1.82, 2.24) is 4.98 Å². The highest BCUT2D eigenvalue weighted by Crippen LogP contribution is 2.31. The molecular weight excluding hydrogens is 303 g/mol. The number of rotatable bonds is 4. The molecule has 1 N–H and O–H groups in total. The molecule has 0 radical (unpaired) electrons. The van der Waals surface area contributed by atoms with Gasteiger partial charge in [-0.3, -0.25) is 0 Å². The van der Waals surface area contributed by atoms with Gasteiger partial charge >= 0.3 is 12.1 Å². The number of carbonyl (C=O) groups is 1. The zero-order chi connectivity index (χ0) is 15.5. The maximum Gasteiger partial charge on any atom is 0.416 e. The molecule has 0 amide bonds. The van der Waals surface area contributed by atoms with Crippen molar-refractivity contribution < 1.29 is 23.1 Å². The highest BCUT2D eigenvalue weighted by atomic mass is 32.2. The van der Waals surface area contributed by atoms with Crippen molar-refractivity contribution in [3.05, 3.63) is 59.4 Å². The summed E-state index contributed by atoms with van der Waals surface area (Å²) >= 11 is 1.25. The van der Waals surface area contributed by atoms with E-state index >= 15 is 0 Å². The second-order valence-electron chi connectivity index (χ2n) is 4.17. The monoisotopic (exact) mass is 313 g/mol. The highest BCUT2D eigenvalue weighted by Gasteiger charge is 2.30. The van der Waals surface area contributed by atoms with Crippen LogP contribution in [0.1, 0.15) is 21.6 Å². The van der Waals surface area contributed by atoms with Gasteiger partial charge in [0.25, 0.3) is 0 Å². The van der Waals surface area contributed by atoms with E-state index in [1.165, 1.54) is 30.1 Å². The Morgan fingerprint density at radius 2 is 2.00 bits per heavy atom. The van der Waals surface area contributed by atoms with Crippen LogP contribution in [0.2, 0.25) is 0 Å². The topological polar surface area (TPSA) is 50.2 Å². The second-order valence-corrected chi connectivity index (χ2v) is 5.22. The van der Waals surface area contributed by atoms with Gasteiger partial charge in [0.2, 0.25) is 0 Å². The van der Waals surface area contributed by atoms with Crippen molar-refractivity contribution >= 4 is 17.7 Å². The van der Waals surface area contributed by atoms with E-state index in [9.17, 15) is 18.0 Å². The fraction of sp³-hybridized carbons (Fsp3) is 0.143. The molecule has 7 heteroatoms. The van der Waals surface area contributed by atoms with Gasteiger partial charge in [-0.25, -0.2) is 9.78 Å². The Labute approximate surface area is 122 Å². The number of carboxylic acids is 1. The minimum Gasteiger partial charge on any atom is -0.477 e. The summed E-state index contributed by atoms with van der Waals surface area (Å²) in [6, 6.07) is 8.07. The molecule has 21 heavy (non-hydrogen) atoms. The average Bonchev–Trinajstić information content (AvgIpc) is 2.45. The lowest BCUT2D eigenvalue weighted by atomic mass is 10.1. The van der Waals surface area contributed by atoms with E-state index in [0.29, 0.717) is 16.2 Å². The Morgan fingerprint density at radius 1 is 1.24 bits per heavy atom. The van der Waals surface area contributed by atoms with E-state index in [1.54, 1.807) is 12.1 Å². The summed E-state index contributed by atoms with van der Waals surface area (Å²) in [5.41, 5.74) is -0.269. The number of aromatic nitrogens is 1. The minimum atomic E-state index is -4.37. The molecule has 0 spiro atoms. The number of hydrogen-bond donors (Lipinski definition) is 1. The Morgan fingerprint density at radius 3 is 2.67 bits per heavy atom. The SMILES string of the molecule is O=C(O)c1cc(SCc2cccc(C(F)(F)F)c2)ccn1. The molecule has 0 aliphatic carbocycles. The lowest BCUT2D eigenvalue weighted by Crippen LogP contribution is -2.04. The summed E-state index contributed by atoms with van der Waals surface area (Å²) in [5.74, 6) is -0.830. The highest BCUT2D eigenvalue weighted by molar-refractivity contribution is 7.98. The zero-order valence-corrected chi connectivity index (χ0v) is 11.4. The van der Waals surface area contributed by atoms with Crippen molar-refractivity contribution in [1.29, 1.82) is 0 Å². The average molecular weight is 313 g/mol. The van der Waals surface area contributed by atoms with Crippen LogP contribution in [0.15, 0.2) is 47.5 Å². The molecule has 1 heterocycles. The molecule has 0 fully saturated rings. The standard InChI is InChI=1S/C14H10F3NO2S/c15-14(16,17)10-3-1-2-9(6-10)8-21-11-4-5-18-12(7-11)13(19)20/h1-7H,8H2,(H,19,20). The molecule has 1 aromatic carbocycles. The van der Waals surface area contributed by atoms with Gasteiger partial charge in [-0.15, -0.1) is 11.8 Å². The molecule has 0 bridgehead atoms. The summed E-state index contributed by atoms with van der Waals surface area (Å²) in [4.78, 5) is 15.1. The summed E-state index contributed by atoms with van der Waals surface area (Å²) in [6.07, 6.45) is -3.01. The van der Waals surface area contributed by atoms with Crippen LogP contribution in [-0.2, 0) is 11.9 Å². The molecule has 0 aliphatic heterocycles. The molecule has 2 rings (SSSR count). The van der Waals surface area contributed by atoms with Gasteiger partial charge in [0, 0.05) is 16.8 Å². The third kappa shape index (κ3) is 4.22. The third-order valence-electron chi connectivity index (χ3n) is 2.61. The third-order valence-corrected chi connectivity index (χ3v) is 3.68. The van der Waals surface area contributed by atoms with E-state index < -0.39 is 17.7 Å². The van der Waals surface area contributed by atoms with Crippen LogP contribution in [0.4, 0.5) is 13.2 Å². The minimum absolute atomic E-state index is 0.0935. The van der Waals surface area contributed by atoms with Crippen LogP contribution in [0.5, 0.6) is 0 Å². The van der Waals surface area contributed by atoms with Crippen molar-refractivity contribution in [2.24, 2.45) is 0 Å². The first-order chi connectivity index (χ1) is 9.86. The number of nitrogens with zero attached hydrogens (tertiary/aromatic N) is 1. The molecule has 0 aliphatic rings. The molecule has 1 aromatic heterocycles. The number of halogens is 3. The van der Waals surface area contributed by atoms with Gasteiger partial charge in [0.05, 0.1) is 5.56 Å². The molecule has 3 nitrogen and oxygen atoms in total. The fourth-order valence-corrected chi connectivity index (χ4v) is 2.49. The maximum absolute atomic E-state index is 12.6. The molecule has 0 unspecified atom stereocenters. The number of benzene rings is 1. The lowest BCUT2D eigenvalue weighted by Gasteiger charge is -2.08. The number of hydrogen-bond acceptors (Lipinski definition) is 3. The Balaban J connectivity index is 2.10. The van der Waals surface area contributed by atoms with E-state index in [-0.39, 0.29) is 5.69 Å². The fourth-order valence-electron chi connectivity index (χ4n) is 1.62. The number of aromatic carboxylic acids is 1. The Kier molecular flexibility index (Phi) is 4.52. The number of alkyl halides is 3. The number of carboxylic acid groups (broad SMARTS) is 1. The van der Waals surface area contributed by atoms with Crippen molar-refractivity contribution in [2.45, 2.75) is 16.8 Å². The normalized spacial score (nSPS) is 11.4. The molecular formula is C14H10F3NO2S. The quantitative estimate of drug-likeness (QED) is 0.864. The van der Waals surface area contributed by atoms with Crippen LogP contribution in [0, 0.1) is 0 Å². The van der Waals surface area contributed by atoms with Crippen LogP contribution < -0.4 is 0 Å². The molecule has 2 aromatic rings. The lowest BCUT2D eigenvalue weighted by molar-refractivity contribution is -0.137. The van der Waals surface area contributed by atoms with Crippen molar-refractivity contribution in [3.63, 3.8) is 0 Å². The van der Waals surface area contributed by atoms with Gasteiger partial charge in [-0.1, -0.05) is 18.2 Å². The van der Waals surface area contributed by atoms with Gasteiger partial charge in [-0.05, 0) is 23.8 Å². The van der Waals surface area contributed by atoms with Crippen molar-refractivity contribution in [3.8, 4) is 0 Å². The second kappa shape index (κ2) is 6.17. The van der Waals surface area contributed by atoms with Crippen LogP contribution in [-0.4, -0.2) is 16.1 Å². The first-order valence-corrected chi connectivity index (χ1v) is 6.83. The molecule has 0 saturated heterocycles. The van der Waals surface area contributed by atoms with Crippen LogP contribution in [0.25, 0.3) is 0 Å². The van der Waals surface area contributed by atoms with Crippen LogP contribution in [0.3, 0.4) is 0 Å². The first-order valence-electron chi connectivity index (χ1n) is 5.84. The van der Waals surface area contributed by atoms with Gasteiger partial charge in [0.15, 0.2) is 0 Å². The summed E-state index contributed by atoms with van der Waals surface area (Å²) < 4.78 is 37.8. The first kappa shape index (κ1) is 15.4. The van der Waals surface area contributed by atoms with E-state index in [4.69, 9.17) is 5.11 Å². The van der Waals surface area contributed by atoms with Gasteiger partial charge < -0.3 is 5.11 Å². The summed E-state index contributed by atoms with van der Waals surface area (Å²) in [6.45, 7) is 0. The smallest absolute Gasteiger partial charge is 0.416 e. The van der Waals surface area contributed by atoms with E-state index in [1.807, 2.05) is 0 Å². The Bertz CT molecular complexity index is 659. The summed E-state index contributed by atoms with van der Waals surface area (Å²) in [7, 11) is 0. The van der Waals surface area contributed by atoms with E-state index in [0.717, 1.165) is 12.1 Å². The maximum atomic E-state index is 12.6. The largest absolute Gasteiger partial charge is 0.477 e. The van der Waals surface area contributed by atoms with Gasteiger partial charge in [-0.2, -0.15) is 13.2 Å². The van der Waals surface area contributed by atoms with Crippen molar-refractivity contribution in [2.75, 3.05) is 0 Å². The van der Waals surface area contributed by atoms with Gasteiger partial charge in [0.1, 0.15) is 5.69 Å². The Hall–Kier alpha value is -2.02. The number of pyridine rings is 1. The summed E-state index contributed by atoms with van der Waals surface area (Å²) in [5, 5.41) is 8.82. The van der Waals surface area contributed by atoms with Crippen LogP contribution >= 0.6 is 11.8 Å². The zero-order valence-electron chi connectivity index (χ0n) is 10.6. The molecule has 0 atom stereocenters. The number of thioether (sulfide) groups is 1. The van der Waals surface area contributed by atoms with E-state index in [2.05, 4.69) is 4.98 Å². The predicted octanol–water partition coefficient (Wildman–Crippen LogP) is 4.09.